The van der Waals surface area contributed by atoms with Crippen LogP contribution in [0.5, 0.6) is 17.2 Å². The van der Waals surface area contributed by atoms with Crippen molar-refractivity contribution in [3.8, 4) is 17.2 Å². The van der Waals surface area contributed by atoms with Crippen molar-refractivity contribution in [2.75, 3.05) is 32.9 Å². The Balaban J connectivity index is 1.45. The Labute approximate surface area is 410 Å². The fourth-order valence-corrected chi connectivity index (χ4v) is 8.42. The molecular formula is C56H64N2O12. The highest BCUT2D eigenvalue weighted by Crippen LogP contribution is 2.44. The molecule has 1 unspecified atom stereocenters. The van der Waals surface area contributed by atoms with Crippen LogP contribution in [0.4, 0.5) is 9.59 Å². The van der Waals surface area contributed by atoms with Crippen LogP contribution >= 0.6 is 0 Å². The third-order valence-electron chi connectivity index (χ3n) is 12.6. The van der Waals surface area contributed by atoms with E-state index in [1.54, 1.807) is 12.1 Å². The highest BCUT2D eigenvalue weighted by atomic mass is 16.6. The summed E-state index contributed by atoms with van der Waals surface area (Å²) in [5, 5.41) is 5.24. The summed E-state index contributed by atoms with van der Waals surface area (Å²) in [6.45, 7) is 20.5. The number of nitrogens with one attached hydrogen (secondary N) is 2. The van der Waals surface area contributed by atoms with Crippen molar-refractivity contribution in [2.24, 2.45) is 0 Å². The first-order valence-electron chi connectivity index (χ1n) is 23.5. The first-order valence-corrected chi connectivity index (χ1v) is 23.5. The summed E-state index contributed by atoms with van der Waals surface area (Å²) in [7, 11) is 0. The molecule has 70 heavy (non-hydrogen) atoms. The minimum Gasteiger partial charge on any atom is -0.463 e. The summed E-state index contributed by atoms with van der Waals surface area (Å²) in [6, 6.07) is 25.8. The van der Waals surface area contributed by atoms with Gasteiger partial charge in [0.25, 0.3) is 0 Å². The standard InChI is InChI=1S/C56H64N2O12/c1-9-49(59)65-31-15-18-52(62)68-46-26-24-43(34-37(46)4)56(8,44-25-27-47(38(5)35-44)69-53(63)57-29-32-66-50(60)10-2)41-21-19-40(20-22-41)55(6,7)42-23-28-48(45(36-42)39-16-13-12-14-17-39)70-54(64)58-30-33-67-51(61)11-3/h9-11,19-28,34-36,39H,1-3,12-18,29-33H2,4-8H3,(H,57,63)(H,58,64). The molecule has 1 aliphatic carbocycles. The molecule has 0 spiro atoms. The number of ether oxygens (including phenoxy) is 6. The van der Waals surface area contributed by atoms with Crippen LogP contribution in [0, 0.1) is 13.8 Å². The molecule has 1 aliphatic rings. The largest absolute Gasteiger partial charge is 0.463 e. The Kier molecular flexibility index (Phi) is 19.3. The zero-order valence-corrected chi connectivity index (χ0v) is 40.8. The molecule has 1 saturated carbocycles. The summed E-state index contributed by atoms with van der Waals surface area (Å²) in [5.74, 6) is -0.713. The van der Waals surface area contributed by atoms with Gasteiger partial charge in [-0.1, -0.05) is 114 Å². The van der Waals surface area contributed by atoms with Crippen molar-refractivity contribution in [1.29, 1.82) is 0 Å². The van der Waals surface area contributed by atoms with Gasteiger partial charge in [-0.3, -0.25) is 4.79 Å². The predicted octanol–water partition coefficient (Wildman–Crippen LogP) is 10.1. The third kappa shape index (κ3) is 14.3. The van der Waals surface area contributed by atoms with Gasteiger partial charge >= 0.3 is 36.1 Å². The van der Waals surface area contributed by atoms with E-state index in [2.05, 4.69) is 81.5 Å². The Morgan fingerprint density at radius 3 is 1.51 bits per heavy atom. The third-order valence-corrected chi connectivity index (χ3v) is 12.6. The number of rotatable bonds is 22. The Bertz CT molecular complexity index is 2460. The second-order valence-corrected chi connectivity index (χ2v) is 17.7. The van der Waals surface area contributed by atoms with Crippen molar-refractivity contribution in [3.63, 3.8) is 0 Å². The summed E-state index contributed by atoms with van der Waals surface area (Å²) >= 11 is 0. The number of benzene rings is 4. The van der Waals surface area contributed by atoms with Gasteiger partial charge in [0.1, 0.15) is 30.5 Å². The van der Waals surface area contributed by atoms with Crippen molar-refractivity contribution < 1.29 is 57.2 Å². The molecule has 370 valence electrons. The van der Waals surface area contributed by atoms with Gasteiger partial charge in [0.2, 0.25) is 0 Å². The fourth-order valence-electron chi connectivity index (χ4n) is 8.42. The quantitative estimate of drug-likeness (QED) is 0.0190. The van der Waals surface area contributed by atoms with Crippen LogP contribution in [0.2, 0.25) is 0 Å². The zero-order valence-electron chi connectivity index (χ0n) is 40.8. The van der Waals surface area contributed by atoms with Gasteiger partial charge < -0.3 is 39.1 Å². The molecule has 2 N–H and O–H groups in total. The van der Waals surface area contributed by atoms with Gasteiger partial charge in [-0.15, -0.1) is 0 Å². The van der Waals surface area contributed by atoms with Gasteiger partial charge in [0.15, 0.2) is 0 Å². The molecule has 0 radical (unpaired) electrons. The van der Waals surface area contributed by atoms with E-state index in [0.29, 0.717) is 29.2 Å². The van der Waals surface area contributed by atoms with Crippen LogP contribution in [-0.4, -0.2) is 69.0 Å². The summed E-state index contributed by atoms with van der Waals surface area (Å²) in [6.07, 6.45) is 7.50. The highest BCUT2D eigenvalue weighted by Gasteiger charge is 2.34. The van der Waals surface area contributed by atoms with E-state index in [4.69, 9.17) is 28.4 Å². The minimum atomic E-state index is -0.785. The molecule has 1 fully saturated rings. The number of esters is 4. The lowest BCUT2D eigenvalue weighted by molar-refractivity contribution is -0.140. The van der Waals surface area contributed by atoms with Gasteiger partial charge in [-0.25, -0.2) is 24.0 Å². The van der Waals surface area contributed by atoms with Crippen molar-refractivity contribution in [3.05, 3.63) is 161 Å². The molecule has 0 aromatic heterocycles. The highest BCUT2D eigenvalue weighted by molar-refractivity contribution is 5.82. The molecule has 0 bridgehead atoms. The SMILES string of the molecule is C=CC(=O)OCCCC(=O)Oc1ccc(C(C)(c2ccc(C(C)(C)c3ccc(OC(=O)NCCOC(=O)C=C)c(C4CCCCC4)c3)cc2)c2ccc(OC(=O)NCCOC(=O)C=C)c(C)c2)cc1C. The van der Waals surface area contributed by atoms with Crippen molar-refractivity contribution in [1.82, 2.24) is 10.6 Å². The van der Waals surface area contributed by atoms with E-state index >= 15 is 0 Å². The van der Waals surface area contributed by atoms with Gasteiger partial charge in [0, 0.05) is 35.5 Å². The monoisotopic (exact) mass is 956 g/mol. The smallest absolute Gasteiger partial charge is 0.412 e. The molecule has 2 amide bonds. The first-order chi connectivity index (χ1) is 33.5. The fraction of sp³-hybridized carbons (Fsp3) is 0.357. The predicted molar refractivity (Wildman–Crippen MR) is 265 cm³/mol. The van der Waals surface area contributed by atoms with Crippen molar-refractivity contribution in [2.45, 2.75) is 96.3 Å². The van der Waals surface area contributed by atoms with E-state index in [1.807, 2.05) is 50.2 Å². The van der Waals surface area contributed by atoms with Crippen LogP contribution in [0.1, 0.15) is 116 Å². The molecule has 4 aromatic carbocycles. The second-order valence-electron chi connectivity index (χ2n) is 17.7. The Morgan fingerprint density at radius 1 is 0.557 bits per heavy atom. The van der Waals surface area contributed by atoms with Crippen LogP contribution in [-0.2, 0) is 44.2 Å². The first kappa shape index (κ1) is 53.5. The molecule has 5 rings (SSSR count). The lowest BCUT2D eigenvalue weighted by Gasteiger charge is -2.34. The van der Waals surface area contributed by atoms with E-state index in [0.717, 1.165) is 89.3 Å². The Hall–Kier alpha value is -7.48. The number of hydrogen-bond acceptors (Lipinski definition) is 12. The molecular weight excluding hydrogens is 893 g/mol. The second kappa shape index (κ2) is 25.2. The number of amides is 2. The zero-order chi connectivity index (χ0) is 50.8. The van der Waals surface area contributed by atoms with E-state index < -0.39 is 46.9 Å². The number of carbonyl (C=O) groups is 6. The van der Waals surface area contributed by atoms with E-state index in [1.165, 1.54) is 0 Å². The Morgan fingerprint density at radius 2 is 1.00 bits per heavy atom. The number of aryl methyl sites for hydroxylation is 2. The van der Waals surface area contributed by atoms with Crippen LogP contribution in [0.15, 0.2) is 117 Å². The molecule has 14 heteroatoms. The lowest BCUT2D eigenvalue weighted by atomic mass is 9.69. The summed E-state index contributed by atoms with van der Waals surface area (Å²) in [5.41, 5.74) is 6.01. The summed E-state index contributed by atoms with van der Waals surface area (Å²) < 4.78 is 32.2. The van der Waals surface area contributed by atoms with Crippen molar-refractivity contribution >= 4 is 36.1 Å². The summed E-state index contributed by atoms with van der Waals surface area (Å²) in [4.78, 5) is 72.7. The molecule has 0 heterocycles. The number of hydrogen-bond donors (Lipinski definition) is 2. The molecule has 0 aliphatic heterocycles. The average molecular weight is 957 g/mol. The topological polar surface area (TPSA) is 182 Å². The van der Waals surface area contributed by atoms with E-state index in [-0.39, 0.29) is 45.2 Å². The normalized spacial score (nSPS) is 13.3. The molecule has 1 atom stereocenters. The molecule has 4 aromatic rings. The van der Waals surface area contributed by atoms with Gasteiger partial charge in [0.05, 0.1) is 19.7 Å². The van der Waals surface area contributed by atoms with Crippen LogP contribution in [0.3, 0.4) is 0 Å². The number of carbonyl (C=O) groups excluding carboxylic acids is 6. The van der Waals surface area contributed by atoms with Crippen LogP contribution < -0.4 is 24.8 Å². The maximum absolute atomic E-state index is 12.9. The lowest BCUT2D eigenvalue weighted by Crippen LogP contribution is -2.31. The van der Waals surface area contributed by atoms with Crippen LogP contribution in [0.25, 0.3) is 0 Å². The molecule has 0 saturated heterocycles. The van der Waals surface area contributed by atoms with Gasteiger partial charge in [-0.2, -0.15) is 0 Å². The minimum absolute atomic E-state index is 0.00882. The van der Waals surface area contributed by atoms with Gasteiger partial charge in [-0.05, 0) is 109 Å². The average Bonchev–Trinajstić information content (AvgIpc) is 3.36. The maximum atomic E-state index is 12.9. The maximum Gasteiger partial charge on any atom is 0.412 e. The molecule has 14 nitrogen and oxygen atoms in total. The van der Waals surface area contributed by atoms with E-state index in [9.17, 15) is 28.8 Å².